The second kappa shape index (κ2) is 11.2. The van der Waals surface area contributed by atoms with Gasteiger partial charge in [-0.05, 0) is 37.8 Å². The number of amides is 1. The van der Waals surface area contributed by atoms with E-state index in [0.29, 0.717) is 0 Å². The van der Waals surface area contributed by atoms with Gasteiger partial charge in [-0.3, -0.25) is 9.69 Å². The zero-order valence-electron chi connectivity index (χ0n) is 17.3. The summed E-state index contributed by atoms with van der Waals surface area (Å²) in [5.41, 5.74) is 11.4. The minimum atomic E-state index is -4.60. The largest absolute Gasteiger partial charge is 0.530 e. The average Bonchev–Trinajstić information content (AvgIpc) is 2.73. The van der Waals surface area contributed by atoms with Crippen molar-refractivity contribution in [2.24, 2.45) is 16.0 Å². The maximum Gasteiger partial charge on any atom is 0.530 e. The lowest BCUT2D eigenvalue weighted by Crippen LogP contribution is -2.22. The number of methoxy groups -OCH3 is 1. The Morgan fingerprint density at radius 2 is 1.97 bits per heavy atom. The molecule has 0 saturated heterocycles. The number of nitrogens with one attached hydrogen (secondary N) is 1. The molecular formula is C18H23N6O7P. The molecule has 0 saturated carbocycles. The number of hydrogen-bond acceptors (Lipinski definition) is 11. The standard InChI is InChI=1S/C18H23N6O7P/c1-11(28-3)29-12(2)30-32(26,27)31-15-7-5-4-6-13(15)23-24-14-8-9-16(22-18(14)20)21-17(25)10-19/h4-9,12H,1,10,19H2,2-3H3,(H,26,27)(H3,20,21,22,25). The van der Waals surface area contributed by atoms with Gasteiger partial charge in [-0.2, -0.15) is 0 Å². The lowest BCUT2D eigenvalue weighted by atomic mass is 10.3. The number of rotatable bonds is 11. The van der Waals surface area contributed by atoms with E-state index in [1.54, 1.807) is 12.1 Å². The summed E-state index contributed by atoms with van der Waals surface area (Å²) in [4.78, 5) is 25.3. The van der Waals surface area contributed by atoms with Gasteiger partial charge in [0.1, 0.15) is 17.2 Å². The summed E-state index contributed by atoms with van der Waals surface area (Å²) in [5.74, 6) is -0.432. The molecule has 14 heteroatoms. The normalized spacial score (nSPS) is 13.8. The predicted octanol–water partition coefficient (Wildman–Crippen LogP) is 2.95. The van der Waals surface area contributed by atoms with Crippen LogP contribution in [0.4, 0.5) is 23.0 Å². The van der Waals surface area contributed by atoms with Crippen LogP contribution in [-0.2, 0) is 23.4 Å². The van der Waals surface area contributed by atoms with Gasteiger partial charge in [0, 0.05) is 0 Å². The highest BCUT2D eigenvalue weighted by atomic mass is 31.2. The van der Waals surface area contributed by atoms with Gasteiger partial charge in [0.15, 0.2) is 11.6 Å². The minimum absolute atomic E-state index is 0.0116. The lowest BCUT2D eigenvalue weighted by molar-refractivity contribution is -0.115. The Morgan fingerprint density at radius 1 is 1.28 bits per heavy atom. The van der Waals surface area contributed by atoms with Gasteiger partial charge >= 0.3 is 7.82 Å². The molecule has 0 spiro atoms. The van der Waals surface area contributed by atoms with E-state index in [2.05, 4.69) is 27.1 Å². The highest BCUT2D eigenvalue weighted by molar-refractivity contribution is 7.47. The molecule has 1 aromatic heterocycles. The van der Waals surface area contributed by atoms with Gasteiger partial charge in [0.25, 0.3) is 5.95 Å². The van der Waals surface area contributed by atoms with E-state index in [1.807, 2.05) is 0 Å². The third-order valence-corrected chi connectivity index (χ3v) is 4.50. The number of azo groups is 1. The molecule has 2 aromatic rings. The van der Waals surface area contributed by atoms with Gasteiger partial charge in [-0.25, -0.2) is 14.1 Å². The Bertz CT molecular complexity index is 1050. The molecule has 1 heterocycles. The molecule has 2 atom stereocenters. The molecule has 32 heavy (non-hydrogen) atoms. The van der Waals surface area contributed by atoms with Gasteiger partial charge in [0.2, 0.25) is 12.2 Å². The molecule has 0 aliphatic heterocycles. The number of phosphoric acid groups is 1. The van der Waals surface area contributed by atoms with Crippen LogP contribution in [0.15, 0.2) is 59.2 Å². The van der Waals surface area contributed by atoms with Crippen molar-refractivity contribution in [2.75, 3.05) is 24.7 Å². The van der Waals surface area contributed by atoms with Crippen molar-refractivity contribution in [3.8, 4) is 5.75 Å². The number of hydrogen-bond donors (Lipinski definition) is 4. The lowest BCUT2D eigenvalue weighted by Gasteiger charge is -2.19. The molecule has 13 nitrogen and oxygen atoms in total. The van der Waals surface area contributed by atoms with E-state index in [0.717, 1.165) is 0 Å². The Hall–Kier alpha value is -3.51. The van der Waals surface area contributed by atoms with Crippen molar-refractivity contribution in [1.29, 1.82) is 0 Å². The van der Waals surface area contributed by atoms with Crippen molar-refractivity contribution >= 4 is 36.7 Å². The first-order valence-corrected chi connectivity index (χ1v) is 10.5. The third kappa shape index (κ3) is 7.63. The first-order valence-electron chi connectivity index (χ1n) is 9.01. The summed E-state index contributed by atoms with van der Waals surface area (Å²) < 4.78 is 32.0. The number of benzene rings is 1. The van der Waals surface area contributed by atoms with Gasteiger partial charge in [-0.15, -0.1) is 10.2 Å². The number of para-hydroxylation sites is 1. The summed E-state index contributed by atoms with van der Waals surface area (Å²) in [6, 6.07) is 9.00. The summed E-state index contributed by atoms with van der Waals surface area (Å²) in [6.45, 7) is 4.57. The minimum Gasteiger partial charge on any atom is -0.469 e. The number of nitrogens with two attached hydrogens (primary N) is 2. The van der Waals surface area contributed by atoms with Crippen LogP contribution < -0.4 is 21.3 Å². The smallest absolute Gasteiger partial charge is 0.469 e. The fraction of sp³-hybridized carbons (Fsp3) is 0.222. The molecule has 6 N–H and O–H groups in total. The van der Waals surface area contributed by atoms with Gasteiger partial charge < -0.3 is 30.8 Å². The number of anilines is 2. The second-order valence-corrected chi connectivity index (χ2v) is 7.28. The second-order valence-electron chi connectivity index (χ2n) is 5.95. The van der Waals surface area contributed by atoms with E-state index in [4.69, 9.17) is 30.0 Å². The summed E-state index contributed by atoms with van der Waals surface area (Å²) in [7, 11) is -3.29. The molecule has 2 unspecified atom stereocenters. The molecule has 0 aliphatic carbocycles. The van der Waals surface area contributed by atoms with Crippen LogP contribution in [0.25, 0.3) is 0 Å². The van der Waals surface area contributed by atoms with E-state index < -0.39 is 20.0 Å². The third-order valence-electron chi connectivity index (χ3n) is 3.51. The molecule has 0 aliphatic rings. The van der Waals surface area contributed by atoms with Crippen LogP contribution in [0.5, 0.6) is 5.75 Å². The number of nitrogen functional groups attached to an aromatic ring is 1. The topological polar surface area (TPSA) is 193 Å². The molecule has 0 radical (unpaired) electrons. The molecule has 0 bridgehead atoms. The molecular weight excluding hydrogens is 443 g/mol. The Kier molecular flexibility index (Phi) is 8.67. The number of carbonyl (C=O) groups excluding carboxylic acids is 1. The Balaban J connectivity index is 2.15. The summed E-state index contributed by atoms with van der Waals surface area (Å²) in [6.07, 6.45) is -1.18. The van der Waals surface area contributed by atoms with Gasteiger partial charge in [0.05, 0.1) is 13.7 Å². The SMILES string of the molecule is C=C(OC)OC(C)OP(=O)(O)Oc1ccccc1N=Nc1ccc(NC(=O)CN)nc1N. The zero-order valence-corrected chi connectivity index (χ0v) is 18.2. The maximum atomic E-state index is 12.3. The molecule has 1 aromatic carbocycles. The van der Waals surface area contributed by atoms with E-state index in [1.165, 1.54) is 38.3 Å². The van der Waals surface area contributed by atoms with Crippen molar-refractivity contribution < 1.29 is 32.8 Å². The quantitative estimate of drug-likeness (QED) is 0.165. The molecule has 2 rings (SSSR count). The number of phosphoric ester groups is 1. The number of aromatic nitrogens is 1. The van der Waals surface area contributed by atoms with Crippen molar-refractivity contribution in [1.82, 2.24) is 4.98 Å². The Labute approximate surface area is 183 Å². The maximum absolute atomic E-state index is 12.3. The van der Waals surface area contributed by atoms with Crippen LogP contribution in [-0.4, -0.2) is 35.7 Å². The van der Waals surface area contributed by atoms with Crippen LogP contribution in [0.1, 0.15) is 6.92 Å². The monoisotopic (exact) mass is 466 g/mol. The van der Waals surface area contributed by atoms with Crippen LogP contribution in [0.3, 0.4) is 0 Å². The highest BCUT2D eigenvalue weighted by Gasteiger charge is 2.28. The number of nitrogens with zero attached hydrogens (tertiary/aromatic N) is 3. The van der Waals surface area contributed by atoms with Gasteiger partial charge in [-0.1, -0.05) is 12.1 Å². The number of carbonyl (C=O) groups is 1. The fourth-order valence-electron chi connectivity index (χ4n) is 2.13. The number of ether oxygens (including phenoxy) is 2. The van der Waals surface area contributed by atoms with Crippen molar-refractivity contribution in [3.63, 3.8) is 0 Å². The number of pyridine rings is 1. The molecule has 1 amide bonds. The summed E-state index contributed by atoms with van der Waals surface area (Å²) >= 11 is 0. The zero-order chi connectivity index (χ0) is 23.7. The first kappa shape index (κ1) is 24.8. The fourth-order valence-corrected chi connectivity index (χ4v) is 2.99. The van der Waals surface area contributed by atoms with Crippen LogP contribution in [0.2, 0.25) is 0 Å². The predicted molar refractivity (Wildman–Crippen MR) is 115 cm³/mol. The van der Waals surface area contributed by atoms with Crippen LogP contribution in [0, 0.1) is 0 Å². The van der Waals surface area contributed by atoms with E-state index in [-0.39, 0.29) is 41.2 Å². The summed E-state index contributed by atoms with van der Waals surface area (Å²) in [5, 5.41) is 10.4. The first-order chi connectivity index (χ1) is 15.1. The average molecular weight is 466 g/mol. The van der Waals surface area contributed by atoms with E-state index in [9.17, 15) is 14.3 Å². The Morgan fingerprint density at radius 3 is 2.62 bits per heavy atom. The molecule has 172 valence electrons. The van der Waals surface area contributed by atoms with Crippen LogP contribution >= 0.6 is 7.82 Å². The van der Waals surface area contributed by atoms with Crippen molar-refractivity contribution in [3.05, 3.63) is 48.9 Å². The molecule has 0 fully saturated rings. The highest BCUT2D eigenvalue weighted by Crippen LogP contribution is 2.48. The van der Waals surface area contributed by atoms with E-state index >= 15 is 0 Å². The van der Waals surface area contributed by atoms with Crippen molar-refractivity contribution in [2.45, 2.75) is 13.2 Å².